The second kappa shape index (κ2) is 3.63. The SMILES string of the molecule is CC1CC(n2cncc2CNC2CC2)C1. The molecule has 2 saturated carbocycles. The van der Waals surface area contributed by atoms with Crippen LogP contribution in [0.4, 0.5) is 0 Å². The van der Waals surface area contributed by atoms with Gasteiger partial charge in [-0.1, -0.05) is 6.92 Å². The minimum atomic E-state index is 0.721. The minimum absolute atomic E-state index is 0.721. The molecule has 15 heavy (non-hydrogen) atoms. The van der Waals surface area contributed by atoms with Crippen molar-refractivity contribution >= 4 is 0 Å². The van der Waals surface area contributed by atoms with E-state index in [0.29, 0.717) is 0 Å². The Kier molecular flexibility index (Phi) is 2.28. The summed E-state index contributed by atoms with van der Waals surface area (Å²) in [5.74, 6) is 0.904. The molecule has 82 valence electrons. The van der Waals surface area contributed by atoms with E-state index in [-0.39, 0.29) is 0 Å². The van der Waals surface area contributed by atoms with Crippen molar-refractivity contribution in [2.45, 2.75) is 51.2 Å². The standard InChI is InChI=1S/C12H19N3/c1-9-4-11(5-9)15-8-13-6-12(15)7-14-10-2-3-10/h6,8-11,14H,2-5,7H2,1H3. The summed E-state index contributed by atoms with van der Waals surface area (Å²) in [4.78, 5) is 4.27. The number of aromatic nitrogens is 2. The van der Waals surface area contributed by atoms with Gasteiger partial charge in [-0.05, 0) is 31.6 Å². The lowest BCUT2D eigenvalue weighted by Crippen LogP contribution is -2.27. The van der Waals surface area contributed by atoms with E-state index in [9.17, 15) is 0 Å². The van der Waals surface area contributed by atoms with E-state index in [0.717, 1.165) is 24.5 Å². The molecule has 0 saturated heterocycles. The first-order valence-electron chi connectivity index (χ1n) is 6.07. The zero-order chi connectivity index (χ0) is 10.3. The first-order valence-corrected chi connectivity index (χ1v) is 6.07. The highest BCUT2D eigenvalue weighted by molar-refractivity contribution is 5.03. The Morgan fingerprint density at radius 3 is 2.93 bits per heavy atom. The van der Waals surface area contributed by atoms with Gasteiger partial charge in [0.15, 0.2) is 0 Å². The predicted octanol–water partition coefficient (Wildman–Crippen LogP) is 2.11. The van der Waals surface area contributed by atoms with Crippen molar-refractivity contribution in [3.8, 4) is 0 Å². The quantitative estimate of drug-likeness (QED) is 0.816. The van der Waals surface area contributed by atoms with Gasteiger partial charge in [-0.25, -0.2) is 4.98 Å². The van der Waals surface area contributed by atoms with Gasteiger partial charge in [0.25, 0.3) is 0 Å². The van der Waals surface area contributed by atoms with E-state index >= 15 is 0 Å². The summed E-state index contributed by atoms with van der Waals surface area (Å²) in [7, 11) is 0. The number of nitrogens with one attached hydrogen (secondary N) is 1. The molecule has 2 fully saturated rings. The Morgan fingerprint density at radius 2 is 2.27 bits per heavy atom. The van der Waals surface area contributed by atoms with Gasteiger partial charge in [0.1, 0.15) is 0 Å². The molecule has 0 atom stereocenters. The summed E-state index contributed by atoms with van der Waals surface area (Å²) in [5.41, 5.74) is 1.36. The Balaban J connectivity index is 1.63. The summed E-state index contributed by atoms with van der Waals surface area (Å²) >= 11 is 0. The molecule has 1 aromatic rings. The molecule has 1 aromatic heterocycles. The number of hydrogen-bond donors (Lipinski definition) is 1. The Morgan fingerprint density at radius 1 is 1.47 bits per heavy atom. The molecule has 0 aliphatic heterocycles. The lowest BCUT2D eigenvalue weighted by atomic mass is 9.81. The van der Waals surface area contributed by atoms with Gasteiger partial charge in [0, 0.05) is 24.8 Å². The third-order valence-electron chi connectivity index (χ3n) is 3.64. The molecular formula is C12H19N3. The first kappa shape index (κ1) is 9.40. The normalized spacial score (nSPS) is 30.2. The fraction of sp³-hybridized carbons (Fsp3) is 0.750. The van der Waals surface area contributed by atoms with Gasteiger partial charge >= 0.3 is 0 Å². The van der Waals surface area contributed by atoms with Gasteiger partial charge < -0.3 is 9.88 Å². The lowest BCUT2D eigenvalue weighted by molar-refractivity contribution is 0.211. The maximum atomic E-state index is 4.27. The molecular weight excluding hydrogens is 186 g/mol. The van der Waals surface area contributed by atoms with Crippen LogP contribution in [0.3, 0.4) is 0 Å². The Bertz CT molecular complexity index is 334. The fourth-order valence-corrected chi connectivity index (χ4v) is 2.42. The topological polar surface area (TPSA) is 29.9 Å². The van der Waals surface area contributed by atoms with Gasteiger partial charge in [-0.2, -0.15) is 0 Å². The molecule has 0 spiro atoms. The van der Waals surface area contributed by atoms with Gasteiger partial charge in [-0.3, -0.25) is 0 Å². The average Bonchev–Trinajstić information content (AvgIpc) is 2.89. The molecule has 0 aromatic carbocycles. The smallest absolute Gasteiger partial charge is 0.0951 e. The van der Waals surface area contributed by atoms with Crippen LogP contribution in [0.5, 0.6) is 0 Å². The third kappa shape index (κ3) is 1.93. The van der Waals surface area contributed by atoms with Crippen LogP contribution in [0.15, 0.2) is 12.5 Å². The molecule has 3 heteroatoms. The molecule has 3 rings (SSSR count). The number of imidazole rings is 1. The van der Waals surface area contributed by atoms with E-state index in [1.807, 2.05) is 12.5 Å². The molecule has 3 nitrogen and oxygen atoms in total. The van der Waals surface area contributed by atoms with Crippen molar-refractivity contribution in [2.75, 3.05) is 0 Å². The van der Waals surface area contributed by atoms with Crippen LogP contribution in [-0.4, -0.2) is 15.6 Å². The highest BCUT2D eigenvalue weighted by Gasteiger charge is 2.28. The molecule has 0 unspecified atom stereocenters. The predicted molar refractivity (Wildman–Crippen MR) is 59.5 cm³/mol. The minimum Gasteiger partial charge on any atom is -0.330 e. The van der Waals surface area contributed by atoms with E-state index in [2.05, 4.69) is 21.8 Å². The second-order valence-electron chi connectivity index (χ2n) is 5.18. The molecule has 2 aliphatic rings. The van der Waals surface area contributed by atoms with E-state index < -0.39 is 0 Å². The van der Waals surface area contributed by atoms with Crippen molar-refractivity contribution in [1.29, 1.82) is 0 Å². The maximum Gasteiger partial charge on any atom is 0.0951 e. The van der Waals surface area contributed by atoms with Crippen LogP contribution in [-0.2, 0) is 6.54 Å². The van der Waals surface area contributed by atoms with Gasteiger partial charge in [0.2, 0.25) is 0 Å². The molecule has 2 aliphatic carbocycles. The van der Waals surface area contributed by atoms with Gasteiger partial charge in [-0.15, -0.1) is 0 Å². The molecule has 0 amide bonds. The van der Waals surface area contributed by atoms with Crippen LogP contribution in [0.1, 0.15) is 44.3 Å². The number of rotatable bonds is 4. The average molecular weight is 205 g/mol. The van der Waals surface area contributed by atoms with Crippen LogP contribution < -0.4 is 5.32 Å². The van der Waals surface area contributed by atoms with Crippen molar-refractivity contribution in [1.82, 2.24) is 14.9 Å². The van der Waals surface area contributed by atoms with E-state index in [1.165, 1.54) is 31.4 Å². The summed E-state index contributed by atoms with van der Waals surface area (Å²) < 4.78 is 2.37. The van der Waals surface area contributed by atoms with Crippen LogP contribution in [0, 0.1) is 5.92 Å². The summed E-state index contributed by atoms with van der Waals surface area (Å²) in [6, 6.07) is 1.51. The third-order valence-corrected chi connectivity index (χ3v) is 3.64. The maximum absolute atomic E-state index is 4.27. The highest BCUT2D eigenvalue weighted by atomic mass is 15.1. The Labute approximate surface area is 90.9 Å². The number of hydrogen-bond acceptors (Lipinski definition) is 2. The number of nitrogens with zero attached hydrogens (tertiary/aromatic N) is 2. The van der Waals surface area contributed by atoms with Crippen molar-refractivity contribution in [3.63, 3.8) is 0 Å². The molecule has 0 radical (unpaired) electrons. The monoisotopic (exact) mass is 205 g/mol. The van der Waals surface area contributed by atoms with Crippen molar-refractivity contribution < 1.29 is 0 Å². The van der Waals surface area contributed by atoms with E-state index in [1.54, 1.807) is 0 Å². The zero-order valence-electron chi connectivity index (χ0n) is 9.32. The fourth-order valence-electron chi connectivity index (χ4n) is 2.42. The summed E-state index contributed by atoms with van der Waals surface area (Å²) in [6.45, 7) is 3.32. The van der Waals surface area contributed by atoms with Gasteiger partial charge in [0.05, 0.1) is 12.0 Å². The molecule has 1 heterocycles. The van der Waals surface area contributed by atoms with Crippen molar-refractivity contribution in [2.24, 2.45) is 5.92 Å². The first-order chi connectivity index (χ1) is 7.33. The summed E-state index contributed by atoms with van der Waals surface area (Å²) in [5, 5.41) is 3.55. The van der Waals surface area contributed by atoms with E-state index in [4.69, 9.17) is 0 Å². The zero-order valence-corrected chi connectivity index (χ0v) is 9.32. The van der Waals surface area contributed by atoms with Crippen LogP contribution >= 0.6 is 0 Å². The lowest BCUT2D eigenvalue weighted by Gasteiger charge is -2.34. The van der Waals surface area contributed by atoms with Crippen LogP contribution in [0.25, 0.3) is 0 Å². The largest absolute Gasteiger partial charge is 0.330 e. The Hall–Kier alpha value is -0.830. The molecule has 1 N–H and O–H groups in total. The summed E-state index contributed by atoms with van der Waals surface area (Å²) in [6.07, 6.45) is 9.38. The second-order valence-corrected chi connectivity index (χ2v) is 5.18. The highest BCUT2D eigenvalue weighted by Crippen LogP contribution is 2.37. The van der Waals surface area contributed by atoms with Crippen molar-refractivity contribution in [3.05, 3.63) is 18.2 Å². The molecule has 0 bridgehead atoms. The van der Waals surface area contributed by atoms with Crippen LogP contribution in [0.2, 0.25) is 0 Å².